The second-order valence-electron chi connectivity index (χ2n) is 4.80. The molecule has 0 saturated heterocycles. The van der Waals surface area contributed by atoms with Crippen molar-refractivity contribution >= 4 is 29.1 Å². The van der Waals surface area contributed by atoms with Gasteiger partial charge >= 0.3 is 0 Å². The van der Waals surface area contributed by atoms with Crippen LogP contribution < -0.4 is 10.1 Å². The smallest absolute Gasteiger partial charge is 0.255 e. The Morgan fingerprint density at radius 3 is 2.63 bits per heavy atom. The molecule has 0 saturated carbocycles. The molecule has 0 aliphatic heterocycles. The minimum atomic E-state index is -0.195. The maximum Gasteiger partial charge on any atom is 0.255 e. The molecule has 1 amide bonds. The Kier molecular flexibility index (Phi) is 6.46. The lowest BCUT2D eigenvalue weighted by Gasteiger charge is -2.19. The third-order valence-corrected chi connectivity index (χ3v) is 3.29. The zero-order valence-corrected chi connectivity index (χ0v) is 12.9. The highest BCUT2D eigenvalue weighted by Gasteiger charge is 2.17. The first kappa shape index (κ1) is 16.1. The van der Waals surface area contributed by atoms with Gasteiger partial charge in [-0.3, -0.25) is 4.79 Å². The van der Waals surface area contributed by atoms with Crippen molar-refractivity contribution in [1.82, 2.24) is 5.32 Å². The van der Waals surface area contributed by atoms with E-state index < -0.39 is 0 Å². The van der Waals surface area contributed by atoms with E-state index in [-0.39, 0.29) is 11.9 Å². The number of methoxy groups -OCH3 is 1. The number of halogens is 2. The molecule has 1 rings (SSSR count). The van der Waals surface area contributed by atoms with Gasteiger partial charge in [0.25, 0.3) is 5.91 Å². The van der Waals surface area contributed by atoms with E-state index in [1.165, 1.54) is 7.11 Å². The lowest BCUT2D eigenvalue weighted by Crippen LogP contribution is -2.37. The third kappa shape index (κ3) is 4.92. The van der Waals surface area contributed by atoms with Crippen LogP contribution in [-0.4, -0.2) is 24.9 Å². The van der Waals surface area contributed by atoms with Crippen LogP contribution in [0.2, 0.25) is 5.02 Å². The van der Waals surface area contributed by atoms with Crippen LogP contribution in [0.3, 0.4) is 0 Å². The summed E-state index contributed by atoms with van der Waals surface area (Å²) in [7, 11) is 1.51. The van der Waals surface area contributed by atoms with E-state index >= 15 is 0 Å². The molecule has 0 radical (unpaired) electrons. The number of alkyl halides is 1. The van der Waals surface area contributed by atoms with Crippen LogP contribution in [0.25, 0.3) is 0 Å². The predicted octanol–water partition coefficient (Wildman–Crippen LogP) is 3.73. The molecule has 0 aromatic heterocycles. The van der Waals surface area contributed by atoms with Crippen molar-refractivity contribution in [3.63, 3.8) is 0 Å². The van der Waals surface area contributed by atoms with Gasteiger partial charge in [0, 0.05) is 16.9 Å². The highest BCUT2D eigenvalue weighted by atomic mass is 35.5. The van der Waals surface area contributed by atoms with Crippen LogP contribution >= 0.6 is 23.2 Å². The van der Waals surface area contributed by atoms with Crippen LogP contribution in [0.15, 0.2) is 18.2 Å². The zero-order chi connectivity index (χ0) is 14.4. The van der Waals surface area contributed by atoms with Gasteiger partial charge in [-0.2, -0.15) is 0 Å². The lowest BCUT2D eigenvalue weighted by atomic mass is 10.0. The fourth-order valence-corrected chi connectivity index (χ4v) is 2.21. The highest BCUT2D eigenvalue weighted by Crippen LogP contribution is 2.23. The summed E-state index contributed by atoms with van der Waals surface area (Å²) in [6.45, 7) is 4.18. The molecule has 1 atom stereocenters. The fraction of sp³-hybridized carbons (Fsp3) is 0.500. The Morgan fingerprint density at radius 1 is 1.42 bits per heavy atom. The van der Waals surface area contributed by atoms with Crippen LogP contribution in [0.1, 0.15) is 30.6 Å². The van der Waals surface area contributed by atoms with E-state index in [1.54, 1.807) is 18.2 Å². The summed E-state index contributed by atoms with van der Waals surface area (Å²) in [6.07, 6.45) is 0.838. The van der Waals surface area contributed by atoms with Gasteiger partial charge < -0.3 is 10.1 Å². The Labute approximate surface area is 124 Å². The minimum Gasteiger partial charge on any atom is -0.496 e. The van der Waals surface area contributed by atoms with Gasteiger partial charge in [0.2, 0.25) is 0 Å². The summed E-state index contributed by atoms with van der Waals surface area (Å²) in [4.78, 5) is 12.2. The van der Waals surface area contributed by atoms with E-state index in [2.05, 4.69) is 19.2 Å². The summed E-state index contributed by atoms with van der Waals surface area (Å²) in [5.41, 5.74) is 0.464. The second-order valence-corrected chi connectivity index (χ2v) is 5.54. The van der Waals surface area contributed by atoms with Crippen molar-refractivity contribution in [1.29, 1.82) is 0 Å². The highest BCUT2D eigenvalue weighted by molar-refractivity contribution is 6.30. The molecule has 1 aromatic rings. The van der Waals surface area contributed by atoms with Gasteiger partial charge in [0.15, 0.2) is 0 Å². The number of nitrogens with one attached hydrogen (secondary N) is 1. The molecule has 1 aromatic carbocycles. The predicted molar refractivity (Wildman–Crippen MR) is 79.4 cm³/mol. The Morgan fingerprint density at radius 2 is 2.11 bits per heavy atom. The first-order valence-electron chi connectivity index (χ1n) is 6.18. The minimum absolute atomic E-state index is 0.0467. The number of hydrogen-bond acceptors (Lipinski definition) is 2. The summed E-state index contributed by atoms with van der Waals surface area (Å²) in [5.74, 6) is 1.12. The van der Waals surface area contributed by atoms with Crippen LogP contribution in [0.4, 0.5) is 0 Å². The second kappa shape index (κ2) is 7.61. The van der Waals surface area contributed by atoms with Crippen molar-refractivity contribution in [3.05, 3.63) is 28.8 Å². The number of rotatable bonds is 6. The molecule has 3 nitrogen and oxygen atoms in total. The molecule has 0 aliphatic rings. The Hall–Kier alpha value is -0.930. The summed E-state index contributed by atoms with van der Waals surface area (Å²) < 4.78 is 5.17. The average molecular weight is 304 g/mol. The molecule has 0 bridgehead atoms. The van der Waals surface area contributed by atoms with Crippen LogP contribution in [0, 0.1) is 5.92 Å². The maximum absolute atomic E-state index is 12.2. The van der Waals surface area contributed by atoms with Gasteiger partial charge in [-0.15, -0.1) is 11.6 Å². The molecule has 0 fully saturated rings. The molecule has 106 valence electrons. The number of ether oxygens (including phenoxy) is 1. The van der Waals surface area contributed by atoms with E-state index in [0.717, 1.165) is 6.42 Å². The van der Waals surface area contributed by atoms with Gasteiger partial charge in [-0.25, -0.2) is 0 Å². The van der Waals surface area contributed by atoms with Crippen molar-refractivity contribution in [2.45, 2.75) is 26.3 Å². The summed E-state index contributed by atoms with van der Waals surface area (Å²) in [6, 6.07) is 4.89. The molecule has 0 aliphatic carbocycles. The number of amides is 1. The van der Waals surface area contributed by atoms with Gasteiger partial charge in [0.05, 0.1) is 12.7 Å². The standard InChI is InChI=1S/C14H19Cl2NO2/c1-9(2)6-11(8-15)17-14(18)12-5-4-10(16)7-13(12)19-3/h4-5,7,9,11H,6,8H2,1-3H3,(H,17,18). The van der Waals surface area contributed by atoms with Crippen LogP contribution in [0.5, 0.6) is 5.75 Å². The van der Waals surface area contributed by atoms with Gasteiger partial charge in [-0.1, -0.05) is 25.4 Å². The summed E-state index contributed by atoms with van der Waals surface area (Å²) in [5, 5.41) is 3.45. The molecule has 0 heterocycles. The van der Waals surface area contributed by atoms with Crippen molar-refractivity contribution in [2.24, 2.45) is 5.92 Å². The lowest BCUT2D eigenvalue weighted by molar-refractivity contribution is 0.0933. The SMILES string of the molecule is COc1cc(Cl)ccc1C(=O)NC(CCl)CC(C)C. The molecular formula is C14H19Cl2NO2. The first-order valence-corrected chi connectivity index (χ1v) is 7.09. The average Bonchev–Trinajstić information content (AvgIpc) is 2.36. The topological polar surface area (TPSA) is 38.3 Å². The largest absolute Gasteiger partial charge is 0.496 e. The Bertz CT molecular complexity index is 435. The van der Waals surface area contributed by atoms with Gasteiger partial charge in [0.1, 0.15) is 5.75 Å². The van der Waals surface area contributed by atoms with E-state index in [0.29, 0.717) is 28.1 Å². The Balaban J connectivity index is 2.82. The monoisotopic (exact) mass is 303 g/mol. The van der Waals surface area contributed by atoms with E-state index in [1.807, 2.05) is 0 Å². The van der Waals surface area contributed by atoms with Gasteiger partial charge in [-0.05, 0) is 30.5 Å². The fourth-order valence-electron chi connectivity index (χ4n) is 1.85. The van der Waals surface area contributed by atoms with Crippen molar-refractivity contribution in [3.8, 4) is 5.75 Å². The number of carbonyl (C=O) groups excluding carboxylic acids is 1. The first-order chi connectivity index (χ1) is 8.97. The molecule has 1 N–H and O–H groups in total. The van der Waals surface area contributed by atoms with E-state index in [9.17, 15) is 4.79 Å². The van der Waals surface area contributed by atoms with Crippen molar-refractivity contribution < 1.29 is 9.53 Å². The molecule has 0 spiro atoms. The summed E-state index contributed by atoms with van der Waals surface area (Å²) >= 11 is 11.7. The van der Waals surface area contributed by atoms with Crippen LogP contribution in [-0.2, 0) is 0 Å². The molecule has 19 heavy (non-hydrogen) atoms. The number of hydrogen-bond donors (Lipinski definition) is 1. The molecule has 5 heteroatoms. The molecule has 1 unspecified atom stereocenters. The van der Waals surface area contributed by atoms with E-state index in [4.69, 9.17) is 27.9 Å². The maximum atomic E-state index is 12.2. The van der Waals surface area contributed by atoms with Crippen molar-refractivity contribution in [2.75, 3.05) is 13.0 Å². The third-order valence-electron chi connectivity index (χ3n) is 2.69. The number of benzene rings is 1. The number of carbonyl (C=O) groups is 1. The zero-order valence-electron chi connectivity index (χ0n) is 11.4. The normalized spacial score (nSPS) is 12.3. The quantitative estimate of drug-likeness (QED) is 0.813. The molecular weight excluding hydrogens is 285 g/mol.